The minimum atomic E-state index is -0.412. The molecule has 0 fully saturated rings. The third-order valence-corrected chi connectivity index (χ3v) is 4.54. The van der Waals surface area contributed by atoms with E-state index < -0.39 is 11.8 Å². The number of hydrazine groups is 1. The van der Waals surface area contributed by atoms with Gasteiger partial charge in [0.05, 0.1) is 0 Å². The number of nitrogens with one attached hydrogen (secondary N) is 2. The topological polar surface area (TPSA) is 83.4 Å². The van der Waals surface area contributed by atoms with Crippen molar-refractivity contribution in [2.45, 2.75) is 13.3 Å². The second-order valence-electron chi connectivity index (χ2n) is 5.83. The number of carbonyl (C=O) groups is 3. The summed E-state index contributed by atoms with van der Waals surface area (Å²) < 4.78 is 2.43. The monoisotopic (exact) mass is 404 g/mol. The van der Waals surface area contributed by atoms with E-state index in [1.165, 1.54) is 6.92 Å². The third-order valence-electron chi connectivity index (χ3n) is 4.11. The average molecular weight is 405 g/mol. The molecule has 2 heterocycles. The van der Waals surface area contributed by atoms with Crippen molar-refractivity contribution in [3.63, 3.8) is 0 Å². The Hall–Kier alpha value is -2.61. The predicted octanol–water partition coefficient (Wildman–Crippen LogP) is 1.77. The fourth-order valence-electron chi connectivity index (χ4n) is 2.87. The molecule has 3 amide bonds. The molecule has 8 heteroatoms. The van der Waals surface area contributed by atoms with E-state index in [0.29, 0.717) is 24.2 Å². The Labute approximate surface area is 153 Å². The van der Waals surface area contributed by atoms with E-state index in [2.05, 4.69) is 26.8 Å². The molecule has 0 saturated carbocycles. The Kier molecular flexibility index (Phi) is 4.63. The van der Waals surface area contributed by atoms with Crippen LogP contribution in [-0.4, -0.2) is 28.8 Å². The van der Waals surface area contributed by atoms with Crippen molar-refractivity contribution in [1.82, 2.24) is 15.4 Å². The number of nitrogens with zero attached hydrogens (tertiary/aromatic N) is 2. The van der Waals surface area contributed by atoms with Gasteiger partial charge in [-0.25, -0.2) is 0 Å². The standard InChI is InChI=1S/C17H17BrN4O3/c1-10(23)22-6-5-11-7-12(3-4-14(11)22)16(24)19-20-17(25)15-8-13(18)9-21(15)2/h3-4,7-9H,5-6H2,1-2H3,(H,19,24)(H,20,25). The zero-order chi connectivity index (χ0) is 18.1. The van der Waals surface area contributed by atoms with Crippen molar-refractivity contribution in [1.29, 1.82) is 0 Å². The average Bonchev–Trinajstić information content (AvgIpc) is 3.14. The Morgan fingerprint density at radius 2 is 1.84 bits per heavy atom. The quantitative estimate of drug-likeness (QED) is 0.748. The van der Waals surface area contributed by atoms with Crippen LogP contribution in [0.15, 0.2) is 34.9 Å². The maximum absolute atomic E-state index is 12.3. The molecular formula is C17H17BrN4O3. The SMILES string of the molecule is CC(=O)N1CCc2cc(C(=O)NNC(=O)c3cc(Br)cn3C)ccc21. The summed E-state index contributed by atoms with van der Waals surface area (Å²) in [5.41, 5.74) is 7.44. The van der Waals surface area contributed by atoms with Crippen LogP contribution in [0.4, 0.5) is 5.69 Å². The number of benzene rings is 1. The summed E-state index contributed by atoms with van der Waals surface area (Å²) in [6.45, 7) is 2.14. The minimum absolute atomic E-state index is 0.0167. The van der Waals surface area contributed by atoms with Crippen LogP contribution in [0.25, 0.3) is 0 Å². The largest absolute Gasteiger partial charge is 0.345 e. The zero-order valence-corrected chi connectivity index (χ0v) is 15.4. The van der Waals surface area contributed by atoms with Gasteiger partial charge in [-0.3, -0.25) is 25.2 Å². The number of aryl methyl sites for hydroxylation is 1. The molecular weight excluding hydrogens is 388 g/mol. The van der Waals surface area contributed by atoms with Gasteiger partial charge in [0.2, 0.25) is 5.91 Å². The molecule has 1 aliphatic rings. The molecule has 0 radical (unpaired) electrons. The van der Waals surface area contributed by atoms with E-state index in [0.717, 1.165) is 15.7 Å². The van der Waals surface area contributed by atoms with Gasteiger partial charge in [-0.05, 0) is 52.2 Å². The Bertz CT molecular complexity index is 875. The maximum Gasteiger partial charge on any atom is 0.286 e. The van der Waals surface area contributed by atoms with E-state index in [1.54, 1.807) is 47.0 Å². The highest BCUT2D eigenvalue weighted by atomic mass is 79.9. The van der Waals surface area contributed by atoms with Crippen LogP contribution < -0.4 is 15.8 Å². The molecule has 2 aromatic rings. The number of carbonyl (C=O) groups excluding carboxylic acids is 3. The summed E-state index contributed by atoms with van der Waals surface area (Å²) in [5.74, 6) is -0.840. The van der Waals surface area contributed by atoms with Gasteiger partial charge in [0.25, 0.3) is 11.8 Å². The number of hydrogen-bond acceptors (Lipinski definition) is 3. The molecule has 1 aliphatic heterocycles. The summed E-state index contributed by atoms with van der Waals surface area (Å²) in [5, 5.41) is 0. The van der Waals surface area contributed by atoms with Gasteiger partial charge in [0, 0.05) is 42.4 Å². The number of rotatable bonds is 2. The molecule has 0 unspecified atom stereocenters. The summed E-state index contributed by atoms with van der Waals surface area (Å²) >= 11 is 3.30. The smallest absolute Gasteiger partial charge is 0.286 e. The van der Waals surface area contributed by atoms with Gasteiger partial charge in [-0.1, -0.05) is 0 Å². The highest BCUT2D eigenvalue weighted by molar-refractivity contribution is 9.10. The first kappa shape index (κ1) is 17.2. The normalized spacial score (nSPS) is 12.7. The van der Waals surface area contributed by atoms with E-state index in [-0.39, 0.29) is 5.91 Å². The Balaban J connectivity index is 1.67. The lowest BCUT2D eigenvalue weighted by molar-refractivity contribution is -0.116. The summed E-state index contributed by atoms with van der Waals surface area (Å²) in [4.78, 5) is 37.6. The van der Waals surface area contributed by atoms with Crippen molar-refractivity contribution >= 4 is 39.3 Å². The van der Waals surface area contributed by atoms with Crippen LogP contribution in [0.1, 0.15) is 33.3 Å². The van der Waals surface area contributed by atoms with Gasteiger partial charge in [-0.2, -0.15) is 0 Å². The number of fused-ring (bicyclic) bond motifs is 1. The Morgan fingerprint density at radius 1 is 1.12 bits per heavy atom. The number of halogens is 1. The number of amides is 3. The first-order chi connectivity index (χ1) is 11.9. The van der Waals surface area contributed by atoms with Crippen molar-refractivity contribution in [3.05, 3.63) is 51.8 Å². The molecule has 0 atom stereocenters. The second-order valence-corrected chi connectivity index (χ2v) is 6.74. The van der Waals surface area contributed by atoms with E-state index >= 15 is 0 Å². The van der Waals surface area contributed by atoms with Crippen LogP contribution in [-0.2, 0) is 18.3 Å². The van der Waals surface area contributed by atoms with E-state index in [9.17, 15) is 14.4 Å². The number of hydrogen-bond donors (Lipinski definition) is 2. The first-order valence-corrected chi connectivity index (χ1v) is 8.49. The number of anilines is 1. The van der Waals surface area contributed by atoms with Crippen LogP contribution in [0.2, 0.25) is 0 Å². The zero-order valence-electron chi connectivity index (χ0n) is 13.8. The van der Waals surface area contributed by atoms with Crippen molar-refractivity contribution < 1.29 is 14.4 Å². The van der Waals surface area contributed by atoms with Gasteiger partial charge in [-0.15, -0.1) is 0 Å². The fraction of sp³-hybridized carbons (Fsp3) is 0.235. The highest BCUT2D eigenvalue weighted by Gasteiger charge is 2.23. The second kappa shape index (κ2) is 6.72. The molecule has 0 aliphatic carbocycles. The minimum Gasteiger partial charge on any atom is -0.345 e. The lowest BCUT2D eigenvalue weighted by Gasteiger charge is -2.15. The van der Waals surface area contributed by atoms with Crippen LogP contribution in [0, 0.1) is 0 Å². The van der Waals surface area contributed by atoms with Gasteiger partial charge >= 0.3 is 0 Å². The molecule has 0 bridgehead atoms. The third kappa shape index (κ3) is 3.43. The summed E-state index contributed by atoms with van der Waals surface area (Å²) in [6, 6.07) is 6.81. The van der Waals surface area contributed by atoms with Gasteiger partial charge in [0.15, 0.2) is 0 Å². The van der Waals surface area contributed by atoms with E-state index in [1.807, 2.05) is 0 Å². The van der Waals surface area contributed by atoms with Gasteiger partial charge < -0.3 is 9.47 Å². The molecule has 130 valence electrons. The lowest BCUT2D eigenvalue weighted by atomic mass is 10.1. The molecule has 3 rings (SSSR count). The molecule has 0 saturated heterocycles. The van der Waals surface area contributed by atoms with Crippen LogP contribution >= 0.6 is 15.9 Å². The van der Waals surface area contributed by atoms with Crippen molar-refractivity contribution in [2.24, 2.45) is 7.05 Å². The summed E-state index contributed by atoms with van der Waals surface area (Å²) in [7, 11) is 1.74. The molecule has 1 aromatic carbocycles. The van der Waals surface area contributed by atoms with Gasteiger partial charge in [0.1, 0.15) is 5.69 Å². The van der Waals surface area contributed by atoms with E-state index in [4.69, 9.17) is 0 Å². The molecule has 25 heavy (non-hydrogen) atoms. The molecule has 1 aromatic heterocycles. The van der Waals surface area contributed by atoms with Crippen molar-refractivity contribution in [3.8, 4) is 0 Å². The number of aromatic nitrogens is 1. The highest BCUT2D eigenvalue weighted by Crippen LogP contribution is 2.28. The van der Waals surface area contributed by atoms with Crippen molar-refractivity contribution in [2.75, 3.05) is 11.4 Å². The summed E-state index contributed by atoms with van der Waals surface area (Å²) in [6.07, 6.45) is 2.46. The van der Waals surface area contributed by atoms with Crippen LogP contribution in [0.5, 0.6) is 0 Å². The van der Waals surface area contributed by atoms with Crippen LogP contribution in [0.3, 0.4) is 0 Å². The molecule has 2 N–H and O–H groups in total. The molecule has 0 spiro atoms. The maximum atomic E-state index is 12.3. The first-order valence-electron chi connectivity index (χ1n) is 7.70. The fourth-order valence-corrected chi connectivity index (χ4v) is 3.39. The Morgan fingerprint density at radius 3 is 2.48 bits per heavy atom. The predicted molar refractivity (Wildman–Crippen MR) is 96.2 cm³/mol. The lowest BCUT2D eigenvalue weighted by Crippen LogP contribution is -2.42. The molecule has 7 nitrogen and oxygen atoms in total.